The van der Waals surface area contributed by atoms with Crippen LogP contribution in [0.1, 0.15) is 20.9 Å². The minimum absolute atomic E-state index is 0.0814. The Labute approximate surface area is 199 Å². The molecule has 1 aliphatic rings. The van der Waals surface area contributed by atoms with Crippen LogP contribution < -0.4 is 10.1 Å². The van der Waals surface area contributed by atoms with E-state index in [1.807, 2.05) is 0 Å². The highest BCUT2D eigenvalue weighted by Crippen LogP contribution is 2.34. The third kappa shape index (κ3) is 4.77. The average Bonchev–Trinajstić information content (AvgIpc) is 3.26. The predicted octanol–water partition coefficient (Wildman–Crippen LogP) is 3.15. The Bertz CT molecular complexity index is 1170. The van der Waals surface area contributed by atoms with Crippen LogP contribution in [0.5, 0.6) is 5.75 Å². The zero-order valence-corrected chi connectivity index (χ0v) is 19.3. The molecule has 4 rings (SSSR count). The SMILES string of the molecule is COc1ccc(C(=O)Nc2c(Cl)cncc2Cl)c2cc(C(=O)N3CCN(CCO)CC3)oc12. The van der Waals surface area contributed by atoms with E-state index in [4.69, 9.17) is 37.5 Å². The number of carbonyl (C=O) groups excluding carboxylic acids is 2. The van der Waals surface area contributed by atoms with Crippen LogP contribution in [0.4, 0.5) is 5.69 Å². The predicted molar refractivity (Wildman–Crippen MR) is 124 cm³/mol. The molecule has 1 aliphatic heterocycles. The molecule has 0 unspecified atom stereocenters. The Balaban J connectivity index is 1.63. The molecule has 0 aliphatic carbocycles. The van der Waals surface area contributed by atoms with Crippen molar-refractivity contribution < 1.29 is 23.8 Å². The minimum Gasteiger partial charge on any atom is -0.493 e. The van der Waals surface area contributed by atoms with E-state index >= 15 is 0 Å². The van der Waals surface area contributed by atoms with Crippen LogP contribution in [-0.2, 0) is 0 Å². The number of nitrogens with one attached hydrogen (secondary N) is 1. The molecule has 11 heteroatoms. The van der Waals surface area contributed by atoms with Crippen LogP contribution in [-0.4, -0.2) is 78.1 Å². The number of aromatic nitrogens is 1. The van der Waals surface area contributed by atoms with Crippen molar-refractivity contribution in [3.8, 4) is 5.75 Å². The molecule has 0 saturated carbocycles. The number of ether oxygens (including phenoxy) is 1. The number of amides is 2. The summed E-state index contributed by atoms with van der Waals surface area (Å²) in [6.45, 7) is 3.01. The van der Waals surface area contributed by atoms with Gasteiger partial charge in [0.2, 0.25) is 0 Å². The number of piperazine rings is 1. The first-order valence-corrected chi connectivity index (χ1v) is 11.0. The monoisotopic (exact) mass is 492 g/mol. The summed E-state index contributed by atoms with van der Waals surface area (Å²) in [4.78, 5) is 33.8. The molecule has 0 radical (unpaired) electrons. The molecule has 9 nitrogen and oxygen atoms in total. The quantitative estimate of drug-likeness (QED) is 0.543. The molecular weight excluding hydrogens is 471 g/mol. The van der Waals surface area contributed by atoms with E-state index in [0.717, 1.165) is 0 Å². The molecule has 1 fully saturated rings. The standard InChI is InChI=1S/C22H22Cl2N4O5/c1-32-17-3-2-13(21(30)26-19-15(23)11-25-12-16(19)24)14-10-18(33-20(14)17)22(31)28-6-4-27(5-7-28)8-9-29/h2-3,10-12,29H,4-9H2,1H3,(H,25,26,30). The molecule has 0 spiro atoms. The third-order valence-corrected chi connectivity index (χ3v) is 6.06. The number of methoxy groups -OCH3 is 1. The van der Waals surface area contributed by atoms with E-state index in [0.29, 0.717) is 49.4 Å². The van der Waals surface area contributed by atoms with Crippen molar-refractivity contribution >= 4 is 51.7 Å². The van der Waals surface area contributed by atoms with Gasteiger partial charge < -0.3 is 24.5 Å². The summed E-state index contributed by atoms with van der Waals surface area (Å²) >= 11 is 12.2. The Kier molecular flexibility index (Phi) is 7.04. The highest BCUT2D eigenvalue weighted by Gasteiger charge is 2.27. The summed E-state index contributed by atoms with van der Waals surface area (Å²) < 4.78 is 11.2. The zero-order valence-electron chi connectivity index (χ0n) is 17.8. The number of carbonyl (C=O) groups is 2. The number of furan rings is 1. The van der Waals surface area contributed by atoms with Gasteiger partial charge in [-0.15, -0.1) is 0 Å². The number of aliphatic hydroxyl groups excluding tert-OH is 1. The van der Waals surface area contributed by atoms with Gasteiger partial charge in [0.1, 0.15) is 0 Å². The smallest absolute Gasteiger partial charge is 0.289 e. The van der Waals surface area contributed by atoms with E-state index in [-0.39, 0.29) is 39.6 Å². The van der Waals surface area contributed by atoms with Gasteiger partial charge in [-0.1, -0.05) is 23.2 Å². The first-order chi connectivity index (χ1) is 15.9. The maximum absolute atomic E-state index is 13.1. The molecule has 2 N–H and O–H groups in total. The number of hydrogen-bond donors (Lipinski definition) is 2. The summed E-state index contributed by atoms with van der Waals surface area (Å²) in [5.41, 5.74) is 0.799. The minimum atomic E-state index is -0.477. The molecule has 33 heavy (non-hydrogen) atoms. The van der Waals surface area contributed by atoms with Crippen molar-refractivity contribution in [3.63, 3.8) is 0 Å². The second-order valence-electron chi connectivity index (χ2n) is 7.46. The van der Waals surface area contributed by atoms with Gasteiger partial charge in [-0.3, -0.25) is 19.5 Å². The fraction of sp³-hybridized carbons (Fsp3) is 0.318. The van der Waals surface area contributed by atoms with Gasteiger partial charge in [0.25, 0.3) is 11.8 Å². The molecule has 3 heterocycles. The van der Waals surface area contributed by atoms with Gasteiger partial charge in [-0.25, -0.2) is 0 Å². The lowest BCUT2D eigenvalue weighted by atomic mass is 10.1. The molecule has 0 atom stereocenters. The number of nitrogens with zero attached hydrogens (tertiary/aromatic N) is 3. The van der Waals surface area contributed by atoms with Crippen molar-refractivity contribution in [2.75, 3.05) is 51.8 Å². The van der Waals surface area contributed by atoms with E-state index in [1.54, 1.807) is 23.1 Å². The van der Waals surface area contributed by atoms with Gasteiger partial charge in [-0.2, -0.15) is 0 Å². The van der Waals surface area contributed by atoms with Crippen molar-refractivity contribution in [1.82, 2.24) is 14.8 Å². The second kappa shape index (κ2) is 9.96. The summed E-state index contributed by atoms with van der Waals surface area (Å²) in [5, 5.41) is 12.6. The van der Waals surface area contributed by atoms with Gasteiger partial charge in [0.15, 0.2) is 17.1 Å². The maximum Gasteiger partial charge on any atom is 0.289 e. The molecule has 1 aromatic carbocycles. The summed E-state index contributed by atoms with van der Waals surface area (Å²) in [6, 6.07) is 4.72. The Morgan fingerprint density at radius 2 is 1.88 bits per heavy atom. The van der Waals surface area contributed by atoms with Gasteiger partial charge in [0, 0.05) is 50.5 Å². The molecule has 2 amide bonds. The summed E-state index contributed by atoms with van der Waals surface area (Å²) in [5.74, 6) is -0.244. The average molecular weight is 493 g/mol. The highest BCUT2D eigenvalue weighted by molar-refractivity contribution is 6.39. The van der Waals surface area contributed by atoms with Crippen LogP contribution in [0.3, 0.4) is 0 Å². The van der Waals surface area contributed by atoms with Crippen molar-refractivity contribution in [2.45, 2.75) is 0 Å². The fourth-order valence-electron chi connectivity index (χ4n) is 3.75. The number of hydrogen-bond acceptors (Lipinski definition) is 7. The molecule has 1 saturated heterocycles. The lowest BCUT2D eigenvalue weighted by molar-refractivity contribution is 0.0587. The van der Waals surface area contributed by atoms with Gasteiger partial charge >= 0.3 is 0 Å². The topological polar surface area (TPSA) is 108 Å². The van der Waals surface area contributed by atoms with Crippen molar-refractivity contribution in [1.29, 1.82) is 0 Å². The van der Waals surface area contributed by atoms with Crippen molar-refractivity contribution in [2.24, 2.45) is 0 Å². The Hall–Kier alpha value is -2.85. The van der Waals surface area contributed by atoms with E-state index in [9.17, 15) is 9.59 Å². The first-order valence-electron chi connectivity index (χ1n) is 10.3. The van der Waals surface area contributed by atoms with Crippen LogP contribution in [0.15, 0.2) is 35.0 Å². The molecule has 2 aromatic heterocycles. The second-order valence-corrected chi connectivity index (χ2v) is 8.27. The lowest BCUT2D eigenvalue weighted by Crippen LogP contribution is -2.49. The van der Waals surface area contributed by atoms with Crippen LogP contribution in [0, 0.1) is 0 Å². The molecular formula is C22H22Cl2N4O5. The number of halogens is 2. The summed E-state index contributed by atoms with van der Waals surface area (Å²) in [6.07, 6.45) is 2.75. The number of fused-ring (bicyclic) bond motifs is 1. The van der Waals surface area contributed by atoms with Crippen LogP contribution in [0.2, 0.25) is 10.0 Å². The number of anilines is 1. The molecule has 3 aromatic rings. The van der Waals surface area contributed by atoms with E-state index in [2.05, 4.69) is 15.2 Å². The molecule has 174 valence electrons. The number of rotatable bonds is 6. The third-order valence-electron chi connectivity index (χ3n) is 5.49. The van der Waals surface area contributed by atoms with Crippen LogP contribution in [0.25, 0.3) is 11.0 Å². The normalized spacial score (nSPS) is 14.5. The van der Waals surface area contributed by atoms with Gasteiger partial charge in [0.05, 0.1) is 35.0 Å². The zero-order chi connectivity index (χ0) is 23.5. The Morgan fingerprint density at radius 3 is 2.52 bits per heavy atom. The lowest BCUT2D eigenvalue weighted by Gasteiger charge is -2.33. The van der Waals surface area contributed by atoms with Crippen LogP contribution >= 0.6 is 23.2 Å². The van der Waals surface area contributed by atoms with Crippen molar-refractivity contribution in [3.05, 3.63) is 52.0 Å². The number of pyridine rings is 1. The van der Waals surface area contributed by atoms with E-state index in [1.165, 1.54) is 19.5 Å². The molecule has 0 bridgehead atoms. The number of β-amino-alcohol motifs (C(OH)–C–C–N with tert-alkyl or cyclic N) is 1. The number of aliphatic hydroxyl groups is 1. The first kappa shape index (κ1) is 23.3. The maximum atomic E-state index is 13.1. The largest absolute Gasteiger partial charge is 0.493 e. The van der Waals surface area contributed by atoms with Gasteiger partial charge in [-0.05, 0) is 18.2 Å². The Morgan fingerprint density at radius 1 is 1.18 bits per heavy atom. The highest BCUT2D eigenvalue weighted by atomic mass is 35.5. The number of benzene rings is 1. The fourth-order valence-corrected chi connectivity index (χ4v) is 4.21. The van der Waals surface area contributed by atoms with E-state index < -0.39 is 5.91 Å². The summed E-state index contributed by atoms with van der Waals surface area (Å²) in [7, 11) is 1.48.